The topological polar surface area (TPSA) is 67.8 Å². The molecule has 1 atom stereocenters. The molecular formula is C20H22FNO4. The summed E-state index contributed by atoms with van der Waals surface area (Å²) >= 11 is 0. The standard InChI is InChI=1S/C20H22FNO4/c1-25-17-8-9-18-14(11-17)3-2-10-20(18,24)13-22-19(23)12-26-16-6-4-15(21)5-7-16/h4-9,11,24H,2-3,10,12-13H2,1H3,(H,22,23)/t20-/m1/s1. The van der Waals surface area contributed by atoms with Gasteiger partial charge in [-0.1, -0.05) is 6.07 Å². The van der Waals surface area contributed by atoms with Crippen LogP contribution >= 0.6 is 0 Å². The Morgan fingerprint density at radius 3 is 2.69 bits per heavy atom. The lowest BCUT2D eigenvalue weighted by molar-refractivity contribution is -0.124. The van der Waals surface area contributed by atoms with Crippen molar-refractivity contribution in [3.8, 4) is 11.5 Å². The number of carbonyl (C=O) groups excluding carboxylic acids is 1. The molecule has 0 radical (unpaired) electrons. The van der Waals surface area contributed by atoms with E-state index in [0.717, 1.165) is 29.7 Å². The zero-order chi connectivity index (χ0) is 18.6. The van der Waals surface area contributed by atoms with E-state index < -0.39 is 5.60 Å². The number of hydrogen-bond donors (Lipinski definition) is 2. The number of aryl methyl sites for hydroxylation is 1. The molecular weight excluding hydrogens is 337 g/mol. The van der Waals surface area contributed by atoms with Crippen LogP contribution in [0.15, 0.2) is 42.5 Å². The summed E-state index contributed by atoms with van der Waals surface area (Å²) in [7, 11) is 1.61. The van der Waals surface area contributed by atoms with E-state index in [9.17, 15) is 14.3 Å². The fourth-order valence-corrected chi connectivity index (χ4v) is 3.22. The molecule has 0 bridgehead atoms. The van der Waals surface area contributed by atoms with Crippen molar-refractivity contribution in [2.24, 2.45) is 0 Å². The molecule has 138 valence electrons. The number of ether oxygens (including phenoxy) is 2. The van der Waals surface area contributed by atoms with Gasteiger partial charge in [-0.05, 0) is 66.8 Å². The summed E-state index contributed by atoms with van der Waals surface area (Å²) in [6, 6.07) is 11.1. The van der Waals surface area contributed by atoms with E-state index in [-0.39, 0.29) is 24.9 Å². The Hall–Kier alpha value is -2.60. The zero-order valence-corrected chi connectivity index (χ0v) is 14.6. The monoisotopic (exact) mass is 359 g/mol. The summed E-state index contributed by atoms with van der Waals surface area (Å²) in [4.78, 5) is 12.0. The van der Waals surface area contributed by atoms with Gasteiger partial charge in [0.25, 0.3) is 5.91 Å². The van der Waals surface area contributed by atoms with Crippen LogP contribution in [0, 0.1) is 5.82 Å². The second kappa shape index (κ2) is 7.74. The molecule has 2 aromatic carbocycles. The summed E-state index contributed by atoms with van der Waals surface area (Å²) < 4.78 is 23.4. The smallest absolute Gasteiger partial charge is 0.258 e. The van der Waals surface area contributed by atoms with Crippen LogP contribution in [-0.4, -0.2) is 31.3 Å². The molecule has 1 aliphatic rings. The van der Waals surface area contributed by atoms with Crippen molar-refractivity contribution < 1.29 is 23.8 Å². The molecule has 2 N–H and O–H groups in total. The first-order chi connectivity index (χ1) is 12.5. The molecule has 0 unspecified atom stereocenters. The summed E-state index contributed by atoms with van der Waals surface area (Å²) in [5.41, 5.74) is 0.755. The first-order valence-electron chi connectivity index (χ1n) is 8.55. The number of fused-ring (bicyclic) bond motifs is 1. The van der Waals surface area contributed by atoms with Gasteiger partial charge in [-0.15, -0.1) is 0 Å². The van der Waals surface area contributed by atoms with Crippen molar-refractivity contribution in [1.82, 2.24) is 5.32 Å². The van der Waals surface area contributed by atoms with Crippen LogP contribution < -0.4 is 14.8 Å². The number of benzene rings is 2. The van der Waals surface area contributed by atoms with E-state index in [1.807, 2.05) is 18.2 Å². The number of carbonyl (C=O) groups is 1. The molecule has 0 saturated carbocycles. The Kier molecular flexibility index (Phi) is 5.42. The molecule has 0 fully saturated rings. The van der Waals surface area contributed by atoms with Crippen LogP contribution in [0.3, 0.4) is 0 Å². The van der Waals surface area contributed by atoms with Gasteiger partial charge in [-0.3, -0.25) is 4.79 Å². The Labute approximate surface area is 151 Å². The summed E-state index contributed by atoms with van der Waals surface area (Å²) in [6.45, 7) is -0.0882. The van der Waals surface area contributed by atoms with Crippen LogP contribution in [0.4, 0.5) is 4.39 Å². The fourth-order valence-electron chi connectivity index (χ4n) is 3.22. The van der Waals surface area contributed by atoms with E-state index in [1.165, 1.54) is 24.3 Å². The maximum atomic E-state index is 12.9. The fraction of sp³-hybridized carbons (Fsp3) is 0.350. The third kappa shape index (κ3) is 4.14. The van der Waals surface area contributed by atoms with Crippen molar-refractivity contribution in [1.29, 1.82) is 0 Å². The van der Waals surface area contributed by atoms with E-state index in [0.29, 0.717) is 12.2 Å². The average Bonchev–Trinajstić information content (AvgIpc) is 2.66. The molecule has 26 heavy (non-hydrogen) atoms. The van der Waals surface area contributed by atoms with Crippen molar-refractivity contribution in [2.45, 2.75) is 24.9 Å². The number of rotatable bonds is 6. The Morgan fingerprint density at radius 1 is 1.23 bits per heavy atom. The normalized spacial score (nSPS) is 18.7. The van der Waals surface area contributed by atoms with Crippen molar-refractivity contribution in [3.05, 3.63) is 59.4 Å². The van der Waals surface area contributed by atoms with E-state index in [1.54, 1.807) is 7.11 Å². The summed E-state index contributed by atoms with van der Waals surface area (Å²) in [5.74, 6) is 0.458. The van der Waals surface area contributed by atoms with Gasteiger partial charge in [0.05, 0.1) is 13.7 Å². The third-order valence-corrected chi connectivity index (χ3v) is 4.61. The SMILES string of the molecule is COc1ccc2c(c1)CCC[C@@]2(O)CNC(=O)COc1ccc(F)cc1. The van der Waals surface area contributed by atoms with Gasteiger partial charge in [-0.25, -0.2) is 4.39 Å². The van der Waals surface area contributed by atoms with Gasteiger partial charge < -0.3 is 19.9 Å². The predicted octanol–water partition coefficient (Wildman–Crippen LogP) is 2.55. The highest BCUT2D eigenvalue weighted by Gasteiger charge is 2.34. The average molecular weight is 359 g/mol. The molecule has 6 heteroatoms. The molecule has 0 saturated heterocycles. The Bertz CT molecular complexity index is 778. The van der Waals surface area contributed by atoms with Gasteiger partial charge in [-0.2, -0.15) is 0 Å². The molecule has 3 rings (SSSR count). The van der Waals surface area contributed by atoms with Gasteiger partial charge in [0.2, 0.25) is 0 Å². The van der Waals surface area contributed by atoms with Crippen LogP contribution in [0.2, 0.25) is 0 Å². The van der Waals surface area contributed by atoms with Gasteiger partial charge in [0.15, 0.2) is 6.61 Å². The van der Waals surface area contributed by atoms with Gasteiger partial charge in [0, 0.05) is 0 Å². The maximum Gasteiger partial charge on any atom is 0.258 e. The van der Waals surface area contributed by atoms with Crippen LogP contribution in [0.5, 0.6) is 11.5 Å². The van der Waals surface area contributed by atoms with Crippen molar-refractivity contribution in [2.75, 3.05) is 20.3 Å². The molecule has 0 aromatic heterocycles. The van der Waals surface area contributed by atoms with Crippen LogP contribution in [-0.2, 0) is 16.8 Å². The summed E-state index contributed by atoms with van der Waals surface area (Å²) in [6.07, 6.45) is 2.28. The molecule has 1 aliphatic carbocycles. The maximum absolute atomic E-state index is 12.9. The number of amides is 1. The Morgan fingerprint density at radius 2 is 1.96 bits per heavy atom. The first kappa shape index (κ1) is 18.2. The minimum atomic E-state index is -1.11. The minimum Gasteiger partial charge on any atom is -0.497 e. The first-order valence-corrected chi connectivity index (χ1v) is 8.55. The molecule has 0 aliphatic heterocycles. The third-order valence-electron chi connectivity index (χ3n) is 4.61. The highest BCUT2D eigenvalue weighted by Crippen LogP contribution is 2.36. The lowest BCUT2D eigenvalue weighted by Crippen LogP contribution is -2.44. The largest absolute Gasteiger partial charge is 0.497 e. The molecule has 1 amide bonds. The predicted molar refractivity (Wildman–Crippen MR) is 94.7 cm³/mol. The molecule has 5 nitrogen and oxygen atoms in total. The number of methoxy groups -OCH3 is 1. The lowest BCUT2D eigenvalue weighted by atomic mass is 9.79. The zero-order valence-electron chi connectivity index (χ0n) is 14.6. The molecule has 2 aromatic rings. The number of hydrogen-bond acceptors (Lipinski definition) is 4. The van der Waals surface area contributed by atoms with Crippen LogP contribution in [0.25, 0.3) is 0 Å². The molecule has 0 spiro atoms. The van der Waals surface area contributed by atoms with Gasteiger partial charge in [0.1, 0.15) is 22.9 Å². The van der Waals surface area contributed by atoms with E-state index >= 15 is 0 Å². The van der Waals surface area contributed by atoms with E-state index in [2.05, 4.69) is 5.32 Å². The second-order valence-electron chi connectivity index (χ2n) is 6.43. The van der Waals surface area contributed by atoms with Gasteiger partial charge >= 0.3 is 0 Å². The number of halogens is 1. The lowest BCUT2D eigenvalue weighted by Gasteiger charge is -2.34. The van der Waals surface area contributed by atoms with Crippen molar-refractivity contribution >= 4 is 5.91 Å². The summed E-state index contributed by atoms with van der Waals surface area (Å²) in [5, 5.41) is 13.7. The van der Waals surface area contributed by atoms with Crippen LogP contribution in [0.1, 0.15) is 24.0 Å². The number of aliphatic hydroxyl groups is 1. The van der Waals surface area contributed by atoms with E-state index in [4.69, 9.17) is 9.47 Å². The number of nitrogens with one attached hydrogen (secondary N) is 1. The quantitative estimate of drug-likeness (QED) is 0.832. The Balaban J connectivity index is 1.59. The van der Waals surface area contributed by atoms with Crippen molar-refractivity contribution in [3.63, 3.8) is 0 Å². The minimum absolute atomic E-state index is 0.109. The highest BCUT2D eigenvalue weighted by molar-refractivity contribution is 5.77. The highest BCUT2D eigenvalue weighted by atomic mass is 19.1. The second-order valence-corrected chi connectivity index (χ2v) is 6.43. The molecule has 0 heterocycles.